The molecular weight excluding hydrogens is 217 g/mol. The van der Waals surface area contributed by atoms with Crippen molar-refractivity contribution < 1.29 is 9.13 Å². The second-order valence-electron chi connectivity index (χ2n) is 6.45. The summed E-state index contributed by atoms with van der Waals surface area (Å²) in [6, 6.07) is 0.233. The van der Waals surface area contributed by atoms with Gasteiger partial charge in [-0.15, -0.1) is 0 Å². The average Bonchev–Trinajstić information content (AvgIpc) is 2.31. The molecule has 3 heteroatoms. The molecule has 1 atom stereocenters. The Morgan fingerprint density at radius 1 is 1.06 bits per heavy atom. The van der Waals surface area contributed by atoms with Crippen LogP contribution in [0.2, 0.25) is 0 Å². The highest BCUT2D eigenvalue weighted by Gasteiger charge is 2.50. The molecule has 3 fully saturated rings. The first-order valence-electron chi connectivity index (χ1n) is 7.20. The summed E-state index contributed by atoms with van der Waals surface area (Å²) in [5, 5.41) is 0. The van der Waals surface area contributed by atoms with Gasteiger partial charge >= 0.3 is 0 Å². The van der Waals surface area contributed by atoms with E-state index >= 15 is 4.39 Å². The number of nitrogens with two attached hydrogens (primary N) is 1. The Morgan fingerprint density at radius 3 is 2.35 bits per heavy atom. The number of hydrogen-bond donors (Lipinski definition) is 1. The van der Waals surface area contributed by atoms with Crippen molar-refractivity contribution >= 4 is 0 Å². The van der Waals surface area contributed by atoms with E-state index in [0.717, 1.165) is 45.1 Å². The molecule has 17 heavy (non-hydrogen) atoms. The number of rotatable bonds is 1. The minimum atomic E-state index is -0.942. The zero-order chi connectivity index (χ0) is 11.9. The van der Waals surface area contributed by atoms with E-state index in [4.69, 9.17) is 10.5 Å². The van der Waals surface area contributed by atoms with Crippen LogP contribution in [0.25, 0.3) is 0 Å². The predicted molar refractivity (Wildman–Crippen MR) is 65.5 cm³/mol. The molecule has 0 amide bonds. The number of alkyl halides is 1. The average molecular weight is 241 g/mol. The van der Waals surface area contributed by atoms with Crippen LogP contribution in [0.1, 0.15) is 57.8 Å². The SMILES string of the molecule is NC1CCC(F)(C2CCOC3(CCC3)C2)CC1. The second-order valence-corrected chi connectivity index (χ2v) is 6.45. The first-order chi connectivity index (χ1) is 8.12. The smallest absolute Gasteiger partial charge is 0.114 e. The molecule has 0 radical (unpaired) electrons. The van der Waals surface area contributed by atoms with Crippen molar-refractivity contribution in [2.24, 2.45) is 11.7 Å². The van der Waals surface area contributed by atoms with E-state index < -0.39 is 5.67 Å². The molecule has 3 aliphatic rings. The zero-order valence-corrected chi connectivity index (χ0v) is 10.6. The summed E-state index contributed by atoms with van der Waals surface area (Å²) in [5.74, 6) is 0.226. The predicted octanol–water partition coefficient (Wildman–Crippen LogP) is 2.95. The van der Waals surface area contributed by atoms with Crippen LogP contribution in [0.3, 0.4) is 0 Å². The van der Waals surface area contributed by atoms with Gasteiger partial charge in [0.15, 0.2) is 0 Å². The molecule has 98 valence electrons. The van der Waals surface area contributed by atoms with Crippen LogP contribution in [0.4, 0.5) is 4.39 Å². The molecule has 1 heterocycles. The Balaban J connectivity index is 1.66. The fraction of sp³-hybridized carbons (Fsp3) is 1.00. The van der Waals surface area contributed by atoms with Crippen LogP contribution < -0.4 is 5.73 Å². The van der Waals surface area contributed by atoms with Gasteiger partial charge in [0.25, 0.3) is 0 Å². The van der Waals surface area contributed by atoms with Gasteiger partial charge in [-0.25, -0.2) is 4.39 Å². The highest BCUT2D eigenvalue weighted by molar-refractivity contribution is 5.01. The molecule has 1 unspecified atom stereocenters. The fourth-order valence-electron chi connectivity index (χ4n) is 3.92. The topological polar surface area (TPSA) is 35.2 Å². The van der Waals surface area contributed by atoms with Crippen LogP contribution in [0.15, 0.2) is 0 Å². The van der Waals surface area contributed by atoms with Gasteiger partial charge in [-0.1, -0.05) is 0 Å². The molecule has 0 aromatic rings. The molecule has 2 N–H and O–H groups in total. The van der Waals surface area contributed by atoms with Crippen LogP contribution >= 0.6 is 0 Å². The van der Waals surface area contributed by atoms with E-state index in [1.54, 1.807) is 0 Å². The van der Waals surface area contributed by atoms with Crippen molar-refractivity contribution in [2.75, 3.05) is 6.61 Å². The third-order valence-electron chi connectivity index (χ3n) is 5.35. The Bertz CT molecular complexity index is 282. The molecule has 0 aromatic carbocycles. The highest BCUT2D eigenvalue weighted by Crippen LogP contribution is 2.50. The molecule has 2 saturated carbocycles. The maximum atomic E-state index is 15.0. The lowest BCUT2D eigenvalue weighted by Crippen LogP contribution is -2.51. The summed E-state index contributed by atoms with van der Waals surface area (Å²) in [7, 11) is 0. The van der Waals surface area contributed by atoms with Crippen molar-refractivity contribution in [3.05, 3.63) is 0 Å². The van der Waals surface area contributed by atoms with E-state index in [9.17, 15) is 0 Å². The molecule has 1 aliphatic heterocycles. The van der Waals surface area contributed by atoms with E-state index in [1.165, 1.54) is 6.42 Å². The lowest BCUT2D eigenvalue weighted by atomic mass is 9.65. The lowest BCUT2D eigenvalue weighted by Gasteiger charge is -2.51. The second kappa shape index (κ2) is 4.20. The Hall–Kier alpha value is -0.150. The molecule has 0 aromatic heterocycles. The summed E-state index contributed by atoms with van der Waals surface area (Å²) >= 11 is 0. The molecule has 2 nitrogen and oxygen atoms in total. The number of halogens is 1. The largest absolute Gasteiger partial charge is 0.375 e. The molecule has 0 bridgehead atoms. The maximum Gasteiger partial charge on any atom is 0.114 e. The highest BCUT2D eigenvalue weighted by atomic mass is 19.1. The Morgan fingerprint density at radius 2 is 1.76 bits per heavy atom. The standard InChI is InChI=1S/C14H24FNO/c15-14(7-2-12(16)3-8-14)11-4-9-17-13(10-11)5-1-6-13/h11-12H,1-10,16H2. The molecule has 1 saturated heterocycles. The Labute approximate surface area is 103 Å². The van der Waals surface area contributed by atoms with E-state index in [2.05, 4.69) is 0 Å². The van der Waals surface area contributed by atoms with E-state index in [1.807, 2.05) is 0 Å². The first-order valence-corrected chi connectivity index (χ1v) is 7.20. The summed E-state index contributed by atoms with van der Waals surface area (Å²) < 4.78 is 20.9. The molecule has 2 aliphatic carbocycles. The summed E-state index contributed by atoms with van der Waals surface area (Å²) in [5.41, 5.74) is 5.01. The summed E-state index contributed by atoms with van der Waals surface area (Å²) in [6.45, 7) is 0.766. The molecular formula is C14H24FNO. The van der Waals surface area contributed by atoms with Gasteiger partial charge in [0.05, 0.1) is 5.60 Å². The van der Waals surface area contributed by atoms with Crippen LogP contribution in [-0.4, -0.2) is 23.9 Å². The van der Waals surface area contributed by atoms with Gasteiger partial charge in [0, 0.05) is 12.6 Å². The summed E-state index contributed by atoms with van der Waals surface area (Å²) in [6.07, 6.45) is 8.51. The van der Waals surface area contributed by atoms with Crippen molar-refractivity contribution in [1.29, 1.82) is 0 Å². The van der Waals surface area contributed by atoms with Gasteiger partial charge < -0.3 is 10.5 Å². The zero-order valence-electron chi connectivity index (χ0n) is 10.6. The van der Waals surface area contributed by atoms with Crippen molar-refractivity contribution in [1.82, 2.24) is 0 Å². The molecule has 3 rings (SSSR count). The van der Waals surface area contributed by atoms with E-state index in [-0.39, 0.29) is 17.6 Å². The number of hydrogen-bond acceptors (Lipinski definition) is 2. The van der Waals surface area contributed by atoms with Crippen molar-refractivity contribution in [3.63, 3.8) is 0 Å². The molecule has 1 spiro atoms. The third kappa shape index (κ3) is 2.12. The monoisotopic (exact) mass is 241 g/mol. The van der Waals surface area contributed by atoms with Gasteiger partial charge in [-0.05, 0) is 63.7 Å². The maximum absolute atomic E-state index is 15.0. The third-order valence-corrected chi connectivity index (χ3v) is 5.35. The van der Waals surface area contributed by atoms with Gasteiger partial charge in [-0.2, -0.15) is 0 Å². The quantitative estimate of drug-likeness (QED) is 0.766. The Kier molecular flexibility index (Phi) is 2.94. The van der Waals surface area contributed by atoms with Gasteiger partial charge in [0.1, 0.15) is 5.67 Å². The normalized spacial score (nSPS) is 45.5. The summed E-state index contributed by atoms with van der Waals surface area (Å²) in [4.78, 5) is 0. The minimum absolute atomic E-state index is 0.0710. The number of ether oxygens (including phenoxy) is 1. The van der Waals surface area contributed by atoms with Crippen LogP contribution in [0, 0.1) is 5.92 Å². The first kappa shape index (κ1) is 11.9. The van der Waals surface area contributed by atoms with Gasteiger partial charge in [-0.3, -0.25) is 0 Å². The lowest BCUT2D eigenvalue weighted by molar-refractivity contribution is -0.167. The van der Waals surface area contributed by atoms with Gasteiger partial charge in [0.2, 0.25) is 0 Å². The van der Waals surface area contributed by atoms with Crippen LogP contribution in [-0.2, 0) is 4.74 Å². The van der Waals surface area contributed by atoms with Crippen molar-refractivity contribution in [2.45, 2.75) is 75.1 Å². The van der Waals surface area contributed by atoms with Crippen molar-refractivity contribution in [3.8, 4) is 0 Å². The minimum Gasteiger partial charge on any atom is -0.375 e. The van der Waals surface area contributed by atoms with E-state index in [0.29, 0.717) is 12.8 Å². The van der Waals surface area contributed by atoms with Crippen LogP contribution in [0.5, 0.6) is 0 Å². The fourth-order valence-corrected chi connectivity index (χ4v) is 3.92.